The highest BCUT2D eigenvalue weighted by molar-refractivity contribution is 6.73. The molecule has 0 saturated carbocycles. The Balaban J connectivity index is 3.23. The van der Waals surface area contributed by atoms with Gasteiger partial charge in [0.1, 0.15) is 16.5 Å². The Hall–Kier alpha value is 0.354. The van der Waals surface area contributed by atoms with Crippen LogP contribution < -0.4 is 9.96 Å². The maximum absolute atomic E-state index is 3.64. The predicted molar refractivity (Wildman–Crippen MR) is 71.9 cm³/mol. The van der Waals surface area contributed by atoms with Crippen molar-refractivity contribution in [2.75, 3.05) is 13.1 Å². The van der Waals surface area contributed by atoms with E-state index in [-0.39, 0.29) is 0 Å². The minimum Gasteiger partial charge on any atom is -0.337 e. The number of nitrogens with one attached hydrogen (secondary N) is 2. The molecule has 0 spiro atoms. The summed E-state index contributed by atoms with van der Waals surface area (Å²) in [6.07, 6.45) is 2.61. The summed E-state index contributed by atoms with van der Waals surface area (Å²) < 4.78 is 0. The molecule has 0 heterocycles. The Morgan fingerprint density at radius 2 is 0.929 bits per heavy atom. The summed E-state index contributed by atoms with van der Waals surface area (Å²) in [5.41, 5.74) is 0. The first kappa shape index (κ1) is 14.4. The van der Waals surface area contributed by atoms with Gasteiger partial charge < -0.3 is 9.96 Å². The normalized spacial score (nSPS) is 13.3. The predicted octanol–water partition coefficient (Wildman–Crippen LogP) is 2.62. The minimum atomic E-state index is -1.02. The van der Waals surface area contributed by atoms with Gasteiger partial charge in [-0.25, -0.2) is 0 Å². The monoisotopic (exact) mass is 232 g/mol. The first-order chi connectivity index (χ1) is 6.21. The summed E-state index contributed by atoms with van der Waals surface area (Å²) in [6, 6.07) is 0. The third-order valence-corrected chi connectivity index (χ3v) is 4.54. The Morgan fingerprint density at radius 3 is 1.14 bits per heavy atom. The van der Waals surface area contributed by atoms with E-state index in [2.05, 4.69) is 49.2 Å². The number of hydrogen-bond acceptors (Lipinski definition) is 2. The van der Waals surface area contributed by atoms with Crippen molar-refractivity contribution in [3.05, 3.63) is 0 Å². The molecule has 0 aliphatic rings. The van der Waals surface area contributed by atoms with E-state index in [0.717, 1.165) is 0 Å². The molecule has 0 amide bonds. The Kier molecular flexibility index (Phi) is 6.20. The summed E-state index contributed by atoms with van der Waals surface area (Å²) >= 11 is 0. The van der Waals surface area contributed by atoms with Crippen molar-refractivity contribution >= 4 is 16.5 Å². The van der Waals surface area contributed by atoms with E-state index < -0.39 is 16.5 Å². The van der Waals surface area contributed by atoms with Crippen LogP contribution in [0.15, 0.2) is 0 Å². The van der Waals surface area contributed by atoms with Gasteiger partial charge in [0.25, 0.3) is 0 Å². The van der Waals surface area contributed by atoms with Gasteiger partial charge in [0.15, 0.2) is 0 Å². The van der Waals surface area contributed by atoms with Crippen LogP contribution >= 0.6 is 0 Å². The van der Waals surface area contributed by atoms with Gasteiger partial charge in [0, 0.05) is 0 Å². The zero-order chi connectivity index (χ0) is 11.2. The highest BCUT2D eigenvalue weighted by Gasteiger charge is 2.12. The van der Waals surface area contributed by atoms with Gasteiger partial charge in [-0.15, -0.1) is 0 Å². The smallest absolute Gasteiger partial charge is 0.116 e. The molecule has 0 radical (unpaired) electrons. The molecule has 0 aliphatic carbocycles. The van der Waals surface area contributed by atoms with E-state index in [1.807, 2.05) is 0 Å². The molecule has 4 heteroatoms. The summed E-state index contributed by atoms with van der Waals surface area (Å²) in [6.45, 7) is 16.5. The van der Waals surface area contributed by atoms with E-state index in [0.29, 0.717) is 0 Å². The lowest BCUT2D eigenvalue weighted by Gasteiger charge is -2.19. The summed E-state index contributed by atoms with van der Waals surface area (Å²) in [5, 5.41) is 0. The number of unbranched alkanes of at least 4 members (excludes halogenated alkanes) is 1. The van der Waals surface area contributed by atoms with Crippen LogP contribution in [0.4, 0.5) is 0 Å². The lowest BCUT2D eigenvalue weighted by Crippen LogP contribution is -2.43. The molecule has 0 aromatic rings. The molecule has 0 aromatic carbocycles. The summed E-state index contributed by atoms with van der Waals surface area (Å²) in [7, 11) is -2.03. The molecule has 0 unspecified atom stereocenters. The lowest BCUT2D eigenvalue weighted by molar-refractivity contribution is 0.691. The molecule has 0 aliphatic heterocycles. The lowest BCUT2D eigenvalue weighted by atomic mass is 10.3. The average Bonchev–Trinajstić information content (AvgIpc) is 1.92. The second-order valence-corrected chi connectivity index (χ2v) is 15.8. The van der Waals surface area contributed by atoms with Gasteiger partial charge in [0.2, 0.25) is 0 Å². The standard InChI is InChI=1S/C10H28N2Si2/c1-13(2,3)11-9-7-8-10-12-14(4,5)6/h11-12H,7-10H2,1-6H3. The fourth-order valence-corrected chi connectivity index (χ4v) is 3.03. The third-order valence-electron chi connectivity index (χ3n) is 1.91. The van der Waals surface area contributed by atoms with Crippen molar-refractivity contribution in [1.82, 2.24) is 9.96 Å². The fraction of sp³-hybridized carbons (Fsp3) is 1.00. The van der Waals surface area contributed by atoms with E-state index >= 15 is 0 Å². The van der Waals surface area contributed by atoms with Crippen molar-refractivity contribution in [3.63, 3.8) is 0 Å². The van der Waals surface area contributed by atoms with Crippen molar-refractivity contribution in [1.29, 1.82) is 0 Å². The molecule has 2 nitrogen and oxygen atoms in total. The van der Waals surface area contributed by atoms with Gasteiger partial charge in [0.05, 0.1) is 0 Å². The Labute approximate surface area is 92.0 Å². The zero-order valence-corrected chi connectivity index (χ0v) is 12.8. The largest absolute Gasteiger partial charge is 0.337 e. The maximum Gasteiger partial charge on any atom is 0.116 e. The molecule has 0 aromatic heterocycles. The molecule has 0 rings (SSSR count). The van der Waals surface area contributed by atoms with Gasteiger partial charge in [-0.1, -0.05) is 39.3 Å². The van der Waals surface area contributed by atoms with Crippen LogP contribution in [0.5, 0.6) is 0 Å². The SMILES string of the molecule is C[Si](C)(C)NCCCCN[Si](C)(C)C. The van der Waals surface area contributed by atoms with Crippen LogP contribution in [0.3, 0.4) is 0 Å². The number of hydrogen-bond donors (Lipinski definition) is 2. The van der Waals surface area contributed by atoms with Crippen LogP contribution in [0.25, 0.3) is 0 Å². The van der Waals surface area contributed by atoms with Crippen molar-refractivity contribution in [3.8, 4) is 0 Å². The molecular weight excluding hydrogens is 204 g/mol. The van der Waals surface area contributed by atoms with Crippen molar-refractivity contribution < 1.29 is 0 Å². The second-order valence-electron chi connectivity index (χ2n) is 6.06. The van der Waals surface area contributed by atoms with Crippen LogP contribution in [0.1, 0.15) is 12.8 Å². The number of rotatable bonds is 7. The minimum absolute atomic E-state index is 1.02. The average molecular weight is 233 g/mol. The van der Waals surface area contributed by atoms with Gasteiger partial charge >= 0.3 is 0 Å². The van der Waals surface area contributed by atoms with E-state index in [1.54, 1.807) is 0 Å². The van der Waals surface area contributed by atoms with Crippen LogP contribution in [-0.4, -0.2) is 29.6 Å². The van der Waals surface area contributed by atoms with Crippen molar-refractivity contribution in [2.24, 2.45) is 0 Å². The maximum atomic E-state index is 3.64. The van der Waals surface area contributed by atoms with Crippen LogP contribution in [0.2, 0.25) is 39.3 Å². The molecule has 14 heavy (non-hydrogen) atoms. The van der Waals surface area contributed by atoms with Crippen molar-refractivity contribution in [2.45, 2.75) is 52.1 Å². The Bertz CT molecular complexity index is 129. The first-order valence-corrected chi connectivity index (χ1v) is 12.7. The topological polar surface area (TPSA) is 24.1 Å². The zero-order valence-electron chi connectivity index (χ0n) is 10.8. The van der Waals surface area contributed by atoms with E-state index in [1.165, 1.54) is 25.9 Å². The molecule has 0 bridgehead atoms. The molecule has 86 valence electrons. The molecule has 0 fully saturated rings. The second kappa shape index (κ2) is 6.05. The first-order valence-electron chi connectivity index (χ1n) is 5.71. The quantitative estimate of drug-likeness (QED) is 0.521. The summed E-state index contributed by atoms with van der Waals surface area (Å²) in [4.78, 5) is 7.28. The highest BCUT2D eigenvalue weighted by Crippen LogP contribution is 1.97. The fourth-order valence-electron chi connectivity index (χ4n) is 1.18. The summed E-state index contributed by atoms with van der Waals surface area (Å²) in [5.74, 6) is 0. The molecular formula is C10H28N2Si2. The Morgan fingerprint density at radius 1 is 0.643 bits per heavy atom. The van der Waals surface area contributed by atoms with Gasteiger partial charge in [-0.3, -0.25) is 0 Å². The van der Waals surface area contributed by atoms with Gasteiger partial charge in [-0.2, -0.15) is 0 Å². The molecule has 0 saturated heterocycles. The van der Waals surface area contributed by atoms with E-state index in [9.17, 15) is 0 Å². The van der Waals surface area contributed by atoms with E-state index in [4.69, 9.17) is 0 Å². The highest BCUT2D eigenvalue weighted by atomic mass is 28.3. The van der Waals surface area contributed by atoms with Gasteiger partial charge in [-0.05, 0) is 25.9 Å². The molecule has 2 N–H and O–H groups in total. The molecule has 0 atom stereocenters. The van der Waals surface area contributed by atoms with Crippen LogP contribution in [0, 0.1) is 0 Å². The van der Waals surface area contributed by atoms with Crippen LogP contribution in [-0.2, 0) is 0 Å². The third kappa shape index (κ3) is 12.4.